The Hall–Kier alpha value is -0.752. The average Bonchev–Trinajstić information content (AvgIpc) is 2.44. The minimum absolute atomic E-state index is 0. The number of benzene rings is 1. The quantitative estimate of drug-likeness (QED) is 0.406. The summed E-state index contributed by atoms with van der Waals surface area (Å²) in [7, 11) is 0. The summed E-state index contributed by atoms with van der Waals surface area (Å²) in [6, 6.07) is 8.05. The molecule has 0 unspecified atom stereocenters. The van der Waals surface area contributed by atoms with Crippen molar-refractivity contribution in [2.45, 2.75) is 59.8 Å². The van der Waals surface area contributed by atoms with Gasteiger partial charge in [0, 0.05) is 12.0 Å². The number of rotatable bonds is 6. The summed E-state index contributed by atoms with van der Waals surface area (Å²) in [5, 5.41) is 0. The van der Waals surface area contributed by atoms with E-state index in [0.29, 0.717) is 18.3 Å². The van der Waals surface area contributed by atoms with Crippen LogP contribution in [-0.4, -0.2) is 11.6 Å². The van der Waals surface area contributed by atoms with Crippen LogP contribution in [0, 0.1) is 19.3 Å². The standard InChI is InChI=1S/C16H23O.C4H7O.W/c1-5-6-7-15(17)14-10-8-13(9-11-14)12-16(2,3)4;1-3-4(2)5;/h8-11H,1,5-7,12H2,2-4H3;1,3H2,2H3;/q2*-1;+2. The molecule has 0 amide bonds. The number of carbonyl (C=O) groups excluding carboxylic acids is 2. The van der Waals surface area contributed by atoms with E-state index >= 15 is 0 Å². The molecule has 0 fully saturated rings. The molecule has 1 aromatic rings. The molecular weight excluding hydrogens is 456 g/mol. The molecule has 0 aromatic heterocycles. The van der Waals surface area contributed by atoms with Gasteiger partial charge in [-0.05, 0) is 24.3 Å². The fourth-order valence-electron chi connectivity index (χ4n) is 1.85. The molecule has 0 spiro atoms. The van der Waals surface area contributed by atoms with Crippen molar-refractivity contribution in [2.75, 3.05) is 0 Å². The van der Waals surface area contributed by atoms with E-state index in [1.807, 2.05) is 12.1 Å². The predicted molar refractivity (Wildman–Crippen MR) is 93.8 cm³/mol. The first-order valence-electron chi connectivity index (χ1n) is 7.89. The van der Waals surface area contributed by atoms with Crippen molar-refractivity contribution in [1.29, 1.82) is 0 Å². The van der Waals surface area contributed by atoms with E-state index in [9.17, 15) is 9.59 Å². The van der Waals surface area contributed by atoms with Gasteiger partial charge in [0.15, 0.2) is 5.78 Å². The summed E-state index contributed by atoms with van der Waals surface area (Å²) in [6.45, 7) is 15.3. The number of hydrogen-bond donors (Lipinski definition) is 0. The SMILES string of the molecule is [CH2-]CC(C)=O.[CH2-]CCCC(=O)c1ccc(CC(C)(C)C)cc1.[W+2]. The summed E-state index contributed by atoms with van der Waals surface area (Å²) in [6.07, 6.45) is 3.78. The molecule has 0 saturated carbocycles. The molecule has 23 heavy (non-hydrogen) atoms. The molecule has 0 aliphatic rings. The fraction of sp³-hybridized carbons (Fsp3) is 0.500. The minimum Gasteiger partial charge on any atom is -0.343 e. The summed E-state index contributed by atoms with van der Waals surface area (Å²) >= 11 is 0. The molecule has 0 heterocycles. The van der Waals surface area contributed by atoms with Crippen molar-refractivity contribution >= 4 is 11.6 Å². The second-order valence-electron chi connectivity index (χ2n) is 6.77. The largest absolute Gasteiger partial charge is 2.00 e. The van der Waals surface area contributed by atoms with Crippen LogP contribution in [0.2, 0.25) is 0 Å². The summed E-state index contributed by atoms with van der Waals surface area (Å²) in [5.74, 6) is 0.376. The molecule has 0 aliphatic heterocycles. The number of ketones is 2. The van der Waals surface area contributed by atoms with Crippen molar-refractivity contribution in [2.24, 2.45) is 5.41 Å². The zero-order chi connectivity index (χ0) is 17.2. The van der Waals surface area contributed by atoms with Gasteiger partial charge in [-0.15, -0.1) is 6.42 Å². The van der Waals surface area contributed by atoms with E-state index in [1.54, 1.807) is 0 Å². The van der Waals surface area contributed by atoms with Gasteiger partial charge >= 0.3 is 21.1 Å². The maximum absolute atomic E-state index is 11.8. The summed E-state index contributed by atoms with van der Waals surface area (Å²) in [5.41, 5.74) is 2.42. The smallest absolute Gasteiger partial charge is 0.343 e. The molecular formula is C20H30O2W. The van der Waals surface area contributed by atoms with Gasteiger partial charge in [0.05, 0.1) is 5.78 Å². The van der Waals surface area contributed by atoms with Crippen molar-refractivity contribution in [3.63, 3.8) is 0 Å². The van der Waals surface area contributed by atoms with Crippen LogP contribution in [0.25, 0.3) is 0 Å². The van der Waals surface area contributed by atoms with Crippen LogP contribution in [0.1, 0.15) is 69.3 Å². The van der Waals surface area contributed by atoms with Crippen LogP contribution in [0.3, 0.4) is 0 Å². The van der Waals surface area contributed by atoms with Crippen molar-refractivity contribution in [3.05, 3.63) is 49.2 Å². The van der Waals surface area contributed by atoms with Crippen molar-refractivity contribution in [1.82, 2.24) is 0 Å². The molecule has 128 valence electrons. The molecule has 1 aromatic carbocycles. The number of Topliss-reactive ketones (excluding diaryl/α,β-unsaturated/α-hetero) is 2. The molecule has 1 rings (SSSR count). The first kappa shape index (κ1) is 24.5. The number of unbranched alkanes of at least 4 members (excludes halogenated alkanes) is 1. The van der Waals surface area contributed by atoms with E-state index in [2.05, 4.69) is 46.8 Å². The molecule has 0 saturated heterocycles. The Bertz CT molecular complexity index is 456. The predicted octanol–water partition coefficient (Wildman–Crippen LogP) is 5.26. The van der Waals surface area contributed by atoms with E-state index in [1.165, 1.54) is 12.5 Å². The Labute approximate surface area is 156 Å². The molecule has 0 N–H and O–H groups in total. The van der Waals surface area contributed by atoms with Crippen molar-refractivity contribution < 1.29 is 30.7 Å². The third-order valence-electron chi connectivity index (χ3n) is 3.02. The zero-order valence-corrected chi connectivity index (χ0v) is 17.9. The van der Waals surface area contributed by atoms with Crippen LogP contribution in [-0.2, 0) is 32.3 Å². The van der Waals surface area contributed by atoms with E-state index in [4.69, 9.17) is 0 Å². The zero-order valence-electron chi connectivity index (χ0n) is 15.0. The molecule has 0 bridgehead atoms. The summed E-state index contributed by atoms with van der Waals surface area (Å²) < 4.78 is 0. The fourth-order valence-corrected chi connectivity index (χ4v) is 1.85. The third-order valence-corrected chi connectivity index (χ3v) is 3.02. The first-order valence-corrected chi connectivity index (χ1v) is 7.89. The van der Waals surface area contributed by atoms with Gasteiger partial charge in [0.2, 0.25) is 0 Å². The van der Waals surface area contributed by atoms with Crippen LogP contribution in [0.15, 0.2) is 24.3 Å². The van der Waals surface area contributed by atoms with Crippen molar-refractivity contribution in [3.8, 4) is 0 Å². The van der Waals surface area contributed by atoms with Gasteiger partial charge in [-0.25, -0.2) is 0 Å². The Morgan fingerprint density at radius 1 is 1.04 bits per heavy atom. The number of carbonyl (C=O) groups is 2. The van der Waals surface area contributed by atoms with E-state index in [0.717, 1.165) is 24.8 Å². The summed E-state index contributed by atoms with van der Waals surface area (Å²) in [4.78, 5) is 21.5. The van der Waals surface area contributed by atoms with Gasteiger partial charge in [-0.3, -0.25) is 4.79 Å². The van der Waals surface area contributed by atoms with Crippen LogP contribution in [0.4, 0.5) is 0 Å². The van der Waals surface area contributed by atoms with Gasteiger partial charge < -0.3 is 18.6 Å². The molecule has 0 atom stereocenters. The normalized spacial score (nSPS) is 10.2. The molecule has 0 radical (unpaired) electrons. The maximum Gasteiger partial charge on any atom is 2.00 e. The molecule has 0 aliphatic carbocycles. The monoisotopic (exact) mass is 486 g/mol. The molecule has 3 heteroatoms. The second kappa shape index (κ2) is 12.6. The van der Waals surface area contributed by atoms with Gasteiger partial charge in [-0.1, -0.05) is 51.5 Å². The maximum atomic E-state index is 11.8. The van der Waals surface area contributed by atoms with Crippen LogP contribution >= 0.6 is 0 Å². The molecule has 2 nitrogen and oxygen atoms in total. The van der Waals surface area contributed by atoms with E-state index in [-0.39, 0.29) is 32.6 Å². The van der Waals surface area contributed by atoms with Crippen LogP contribution in [0.5, 0.6) is 0 Å². The minimum atomic E-state index is 0. The third kappa shape index (κ3) is 13.4. The second-order valence-corrected chi connectivity index (χ2v) is 6.77. The Kier molecular flexibility index (Phi) is 13.5. The number of hydrogen-bond acceptors (Lipinski definition) is 2. The van der Waals surface area contributed by atoms with Gasteiger partial charge in [0.1, 0.15) is 0 Å². The van der Waals surface area contributed by atoms with Gasteiger partial charge in [-0.2, -0.15) is 6.42 Å². The van der Waals surface area contributed by atoms with E-state index < -0.39 is 0 Å². The average molecular weight is 486 g/mol. The topological polar surface area (TPSA) is 34.1 Å². The Morgan fingerprint density at radius 2 is 1.52 bits per heavy atom. The Balaban J connectivity index is 0. The van der Waals surface area contributed by atoms with Crippen LogP contribution < -0.4 is 0 Å². The Morgan fingerprint density at radius 3 is 1.87 bits per heavy atom. The first-order chi connectivity index (χ1) is 10.2. The van der Waals surface area contributed by atoms with Gasteiger partial charge in [0.25, 0.3) is 0 Å².